The number of carbonyl (C=O) groups is 1. The fraction of sp³-hybridized carbons (Fsp3) is 0.667. The van der Waals surface area contributed by atoms with Crippen molar-refractivity contribution in [1.82, 2.24) is 10.2 Å². The molecule has 0 spiro atoms. The molecule has 1 unspecified atom stereocenters. The van der Waals surface area contributed by atoms with Gasteiger partial charge in [-0.1, -0.05) is 12.1 Å². The van der Waals surface area contributed by atoms with Crippen LogP contribution < -0.4 is 10.2 Å². The van der Waals surface area contributed by atoms with E-state index in [2.05, 4.69) is 45.5 Å². The Bertz CT molecular complexity index is 785. The summed E-state index contributed by atoms with van der Waals surface area (Å²) in [6.45, 7) is 4.67. The molecule has 1 aliphatic carbocycles. The number of nitrogens with one attached hydrogen (secondary N) is 1. The summed E-state index contributed by atoms with van der Waals surface area (Å²) in [7, 11) is 0. The van der Waals surface area contributed by atoms with Crippen molar-refractivity contribution in [3.63, 3.8) is 0 Å². The third-order valence-electron chi connectivity index (χ3n) is 7.71. The van der Waals surface area contributed by atoms with E-state index in [9.17, 15) is 10.1 Å². The fourth-order valence-corrected chi connectivity index (χ4v) is 6.10. The van der Waals surface area contributed by atoms with Crippen molar-refractivity contribution >= 4 is 11.5 Å². The van der Waals surface area contributed by atoms with Crippen LogP contribution in [0, 0.1) is 23.2 Å². The molecular formula is C24H32N4O. The Labute approximate surface area is 174 Å². The van der Waals surface area contributed by atoms with Gasteiger partial charge in [0.15, 0.2) is 5.78 Å². The molecule has 3 heterocycles. The monoisotopic (exact) mass is 392 g/mol. The quantitative estimate of drug-likeness (QED) is 0.807. The van der Waals surface area contributed by atoms with E-state index < -0.39 is 0 Å². The summed E-state index contributed by atoms with van der Waals surface area (Å²) in [5.41, 5.74) is 2.45. The van der Waals surface area contributed by atoms with Crippen LogP contribution in [0.3, 0.4) is 0 Å². The Morgan fingerprint density at radius 3 is 2.76 bits per heavy atom. The van der Waals surface area contributed by atoms with E-state index in [1.54, 1.807) is 0 Å². The number of Topliss-reactive ketones (excluding diaryl/α,β-unsaturated/α-hetero) is 1. The zero-order valence-electron chi connectivity index (χ0n) is 17.2. The largest absolute Gasteiger partial charge is 0.369 e. The van der Waals surface area contributed by atoms with Gasteiger partial charge in [-0.05, 0) is 68.7 Å². The highest BCUT2D eigenvalue weighted by Crippen LogP contribution is 2.36. The maximum atomic E-state index is 12.7. The van der Waals surface area contributed by atoms with Crippen LogP contribution in [-0.2, 0) is 11.2 Å². The number of piperazine rings is 1. The minimum Gasteiger partial charge on any atom is -0.369 e. The predicted molar refractivity (Wildman–Crippen MR) is 114 cm³/mol. The highest BCUT2D eigenvalue weighted by Gasteiger charge is 2.42. The molecule has 5 atom stereocenters. The van der Waals surface area contributed by atoms with Crippen LogP contribution in [0.1, 0.15) is 44.1 Å². The number of rotatable bonds is 6. The summed E-state index contributed by atoms with van der Waals surface area (Å²) in [6.07, 6.45) is 7.22. The number of carbonyl (C=O) groups excluding carboxylic acids is 1. The van der Waals surface area contributed by atoms with E-state index in [0.717, 1.165) is 31.1 Å². The van der Waals surface area contributed by atoms with Gasteiger partial charge in [0, 0.05) is 43.8 Å². The van der Waals surface area contributed by atoms with Crippen molar-refractivity contribution in [2.75, 3.05) is 31.1 Å². The fourth-order valence-electron chi connectivity index (χ4n) is 6.10. The maximum Gasteiger partial charge on any atom is 0.151 e. The summed E-state index contributed by atoms with van der Waals surface area (Å²) in [5, 5.41) is 13.1. The van der Waals surface area contributed by atoms with E-state index in [-0.39, 0.29) is 17.7 Å². The van der Waals surface area contributed by atoms with Crippen molar-refractivity contribution in [3.05, 3.63) is 29.8 Å². The van der Waals surface area contributed by atoms with Crippen LogP contribution in [-0.4, -0.2) is 55.0 Å². The number of piperidine rings is 1. The van der Waals surface area contributed by atoms with Gasteiger partial charge in [0.1, 0.15) is 0 Å². The van der Waals surface area contributed by atoms with Gasteiger partial charge < -0.3 is 10.2 Å². The number of anilines is 1. The Morgan fingerprint density at radius 2 is 2.03 bits per heavy atom. The second-order valence-electron chi connectivity index (χ2n) is 9.56. The molecule has 0 aromatic heterocycles. The normalized spacial score (nSPS) is 32.2. The van der Waals surface area contributed by atoms with E-state index in [1.807, 2.05) is 0 Å². The molecule has 0 radical (unpaired) electrons. The SMILES string of the molecule is N#C[C@@H](CC(=O)[C@H]1N[C@@H]2CC[C@H]1C2)Cc1ccc(N2CCN3CCCC3C2)cc1. The van der Waals surface area contributed by atoms with E-state index >= 15 is 0 Å². The predicted octanol–water partition coefficient (Wildman–Crippen LogP) is 2.75. The van der Waals surface area contributed by atoms with Gasteiger partial charge in [-0.25, -0.2) is 0 Å². The van der Waals surface area contributed by atoms with E-state index in [4.69, 9.17) is 0 Å². The van der Waals surface area contributed by atoms with Crippen LogP contribution >= 0.6 is 0 Å². The number of ketones is 1. The summed E-state index contributed by atoms with van der Waals surface area (Å²) in [5.74, 6) is 0.526. The molecule has 3 saturated heterocycles. The Hall–Kier alpha value is -1.90. The first-order valence-electron chi connectivity index (χ1n) is 11.5. The van der Waals surface area contributed by atoms with Gasteiger partial charge in [0.2, 0.25) is 0 Å². The molecule has 1 saturated carbocycles. The topological polar surface area (TPSA) is 59.4 Å². The third kappa shape index (κ3) is 3.93. The lowest BCUT2D eigenvalue weighted by molar-refractivity contribution is -0.122. The van der Waals surface area contributed by atoms with Crippen molar-refractivity contribution < 1.29 is 4.79 Å². The van der Waals surface area contributed by atoms with Crippen LogP contribution in [0.2, 0.25) is 0 Å². The molecule has 1 N–H and O–H groups in total. The number of hydrogen-bond acceptors (Lipinski definition) is 5. The van der Waals surface area contributed by atoms with Gasteiger partial charge in [-0.2, -0.15) is 5.26 Å². The second kappa shape index (κ2) is 8.08. The molecule has 4 fully saturated rings. The summed E-state index contributed by atoms with van der Waals surface area (Å²) < 4.78 is 0. The Balaban J connectivity index is 1.16. The minimum atomic E-state index is -0.226. The van der Waals surface area contributed by atoms with Gasteiger partial charge in [-0.3, -0.25) is 9.69 Å². The number of hydrogen-bond donors (Lipinski definition) is 1. The van der Waals surface area contributed by atoms with E-state index in [0.29, 0.717) is 24.8 Å². The highest BCUT2D eigenvalue weighted by atomic mass is 16.1. The Kier molecular flexibility index (Phi) is 5.32. The van der Waals surface area contributed by atoms with Gasteiger partial charge in [0.05, 0.1) is 18.0 Å². The highest BCUT2D eigenvalue weighted by molar-refractivity contribution is 5.85. The number of nitriles is 1. The lowest BCUT2D eigenvalue weighted by Crippen LogP contribution is -2.50. The lowest BCUT2D eigenvalue weighted by atomic mass is 9.88. The summed E-state index contributed by atoms with van der Waals surface area (Å²) in [4.78, 5) is 17.9. The first kappa shape index (κ1) is 19.1. The number of nitrogens with zero attached hydrogens (tertiary/aromatic N) is 3. The molecule has 5 nitrogen and oxygen atoms in total. The number of benzene rings is 1. The smallest absolute Gasteiger partial charge is 0.151 e. The zero-order valence-corrected chi connectivity index (χ0v) is 17.2. The zero-order chi connectivity index (χ0) is 19.8. The third-order valence-corrected chi connectivity index (χ3v) is 7.71. The van der Waals surface area contributed by atoms with Crippen molar-refractivity contribution in [2.45, 2.75) is 63.1 Å². The van der Waals surface area contributed by atoms with Crippen LogP contribution in [0.4, 0.5) is 5.69 Å². The molecule has 2 bridgehead atoms. The molecule has 29 heavy (non-hydrogen) atoms. The molecule has 1 aromatic carbocycles. The average molecular weight is 393 g/mol. The van der Waals surface area contributed by atoms with E-state index in [1.165, 1.54) is 44.5 Å². The van der Waals surface area contributed by atoms with Crippen molar-refractivity contribution in [2.24, 2.45) is 11.8 Å². The van der Waals surface area contributed by atoms with Crippen LogP contribution in [0.5, 0.6) is 0 Å². The Morgan fingerprint density at radius 1 is 1.17 bits per heavy atom. The molecule has 4 aliphatic rings. The van der Waals surface area contributed by atoms with Gasteiger partial charge in [0.25, 0.3) is 0 Å². The average Bonchev–Trinajstić information content (AvgIpc) is 3.50. The molecular weight excluding hydrogens is 360 g/mol. The second-order valence-corrected chi connectivity index (χ2v) is 9.56. The lowest BCUT2D eigenvalue weighted by Gasteiger charge is -2.38. The summed E-state index contributed by atoms with van der Waals surface area (Å²) in [6, 6.07) is 12.4. The molecule has 0 amide bonds. The van der Waals surface area contributed by atoms with Gasteiger partial charge in [-0.15, -0.1) is 0 Å². The standard InChI is InChI=1S/C24H32N4O/c25-15-18(13-23(29)24-19-5-6-20(14-19)26-24)12-17-3-7-21(8-4-17)28-11-10-27-9-1-2-22(27)16-28/h3-4,7-8,18-20,22,24,26H,1-2,5-6,9-14,16H2/t18-,19+,20-,22?,24+/m1/s1. The van der Waals surface area contributed by atoms with Crippen molar-refractivity contribution in [3.8, 4) is 6.07 Å². The van der Waals surface area contributed by atoms with Crippen LogP contribution in [0.25, 0.3) is 0 Å². The first-order valence-corrected chi connectivity index (χ1v) is 11.5. The minimum absolute atomic E-state index is 0.00114. The first-order chi connectivity index (χ1) is 14.2. The molecule has 1 aromatic rings. The molecule has 154 valence electrons. The summed E-state index contributed by atoms with van der Waals surface area (Å²) >= 11 is 0. The number of fused-ring (bicyclic) bond motifs is 3. The molecule has 3 aliphatic heterocycles. The van der Waals surface area contributed by atoms with Gasteiger partial charge >= 0.3 is 0 Å². The van der Waals surface area contributed by atoms with Crippen LogP contribution in [0.15, 0.2) is 24.3 Å². The maximum absolute atomic E-state index is 12.7. The van der Waals surface area contributed by atoms with Crippen molar-refractivity contribution in [1.29, 1.82) is 5.26 Å². The molecule has 5 heteroatoms. The molecule has 5 rings (SSSR count).